The number of aromatic nitrogens is 1. The number of pyridine rings is 1. The molecule has 2 aromatic rings. The third kappa shape index (κ3) is 3.81. The fraction of sp³-hybridized carbons (Fsp3) is 0.263. The topological polar surface area (TPSA) is 104 Å². The van der Waals surface area contributed by atoms with E-state index < -0.39 is 5.41 Å². The van der Waals surface area contributed by atoms with Gasteiger partial charge in [0.25, 0.3) is 0 Å². The number of hydrogen-bond acceptors (Lipinski definition) is 6. The van der Waals surface area contributed by atoms with Gasteiger partial charge in [0.2, 0.25) is 0 Å². The van der Waals surface area contributed by atoms with Gasteiger partial charge in [0, 0.05) is 10.3 Å². The Hall–Kier alpha value is -2.83. The highest BCUT2D eigenvalue weighted by Crippen LogP contribution is 2.35. The minimum atomic E-state index is -0.753. The van der Waals surface area contributed by atoms with Crippen molar-refractivity contribution in [2.75, 3.05) is 5.73 Å². The number of nitriles is 2. The Morgan fingerprint density at radius 3 is 2.16 bits per heavy atom. The molecule has 0 bridgehead atoms. The molecule has 0 spiro atoms. The Morgan fingerprint density at radius 1 is 1.12 bits per heavy atom. The van der Waals surface area contributed by atoms with Crippen LogP contribution in [-0.2, 0) is 0 Å². The molecule has 0 atom stereocenters. The SMILES string of the molecule is Cc1ccc(Sc2nc(N)c(C#N)c(C(=O)C(C)(C)C)c2C#N)cc1. The normalized spacial score (nSPS) is 10.8. The molecule has 0 aliphatic heterocycles. The van der Waals surface area contributed by atoms with Crippen LogP contribution in [0.4, 0.5) is 5.82 Å². The first-order valence-corrected chi connectivity index (χ1v) is 8.43. The molecule has 1 heterocycles. The molecule has 25 heavy (non-hydrogen) atoms. The number of rotatable bonds is 3. The maximum atomic E-state index is 12.8. The second-order valence-electron chi connectivity index (χ2n) is 6.65. The fourth-order valence-electron chi connectivity index (χ4n) is 2.19. The second-order valence-corrected chi connectivity index (χ2v) is 7.71. The Labute approximate surface area is 151 Å². The lowest BCUT2D eigenvalue weighted by Gasteiger charge is -2.20. The summed E-state index contributed by atoms with van der Waals surface area (Å²) in [7, 11) is 0. The Bertz CT molecular complexity index is 913. The average molecular weight is 350 g/mol. The summed E-state index contributed by atoms with van der Waals surface area (Å²) >= 11 is 1.25. The van der Waals surface area contributed by atoms with E-state index in [0.717, 1.165) is 10.5 Å². The summed E-state index contributed by atoms with van der Waals surface area (Å²) in [6, 6.07) is 11.7. The van der Waals surface area contributed by atoms with Gasteiger partial charge >= 0.3 is 0 Å². The molecule has 2 rings (SSSR count). The van der Waals surface area contributed by atoms with Crippen LogP contribution in [0.3, 0.4) is 0 Å². The number of nitrogens with two attached hydrogens (primary N) is 1. The number of Topliss-reactive ketones (excluding diaryl/α,β-unsaturated/α-hetero) is 1. The van der Waals surface area contributed by atoms with E-state index in [2.05, 4.69) is 4.98 Å². The van der Waals surface area contributed by atoms with E-state index in [1.165, 1.54) is 11.8 Å². The first-order chi connectivity index (χ1) is 11.7. The highest BCUT2D eigenvalue weighted by molar-refractivity contribution is 7.99. The van der Waals surface area contributed by atoms with Crippen molar-refractivity contribution in [3.05, 3.63) is 46.5 Å². The minimum Gasteiger partial charge on any atom is -0.383 e. The zero-order valence-electron chi connectivity index (χ0n) is 14.5. The predicted molar refractivity (Wildman–Crippen MR) is 97.2 cm³/mol. The molecular weight excluding hydrogens is 332 g/mol. The lowest BCUT2D eigenvalue weighted by atomic mass is 9.83. The van der Waals surface area contributed by atoms with Crippen LogP contribution in [0.5, 0.6) is 0 Å². The maximum absolute atomic E-state index is 12.8. The van der Waals surface area contributed by atoms with E-state index in [0.29, 0.717) is 5.03 Å². The summed E-state index contributed by atoms with van der Waals surface area (Å²) in [5.74, 6) is -0.343. The Balaban J connectivity index is 2.69. The smallest absolute Gasteiger partial charge is 0.171 e. The van der Waals surface area contributed by atoms with Crippen molar-refractivity contribution in [1.29, 1.82) is 10.5 Å². The molecule has 6 heteroatoms. The van der Waals surface area contributed by atoms with Gasteiger partial charge in [0.05, 0.1) is 11.1 Å². The van der Waals surface area contributed by atoms with Crippen molar-refractivity contribution in [2.45, 2.75) is 37.6 Å². The van der Waals surface area contributed by atoms with Crippen LogP contribution in [0.2, 0.25) is 0 Å². The van der Waals surface area contributed by atoms with Gasteiger partial charge in [-0.15, -0.1) is 0 Å². The molecule has 0 unspecified atom stereocenters. The fourth-order valence-corrected chi connectivity index (χ4v) is 3.08. The number of ketones is 1. The molecule has 1 aromatic heterocycles. The van der Waals surface area contributed by atoms with Crippen LogP contribution in [0, 0.1) is 35.0 Å². The second kappa shape index (κ2) is 6.96. The predicted octanol–water partition coefficient (Wildman–Crippen LogP) is 4.10. The highest BCUT2D eigenvalue weighted by atomic mass is 32.2. The van der Waals surface area contributed by atoms with Gasteiger partial charge in [-0.3, -0.25) is 4.79 Å². The number of hydrogen-bond donors (Lipinski definition) is 1. The summed E-state index contributed by atoms with van der Waals surface area (Å²) in [6.07, 6.45) is 0. The van der Waals surface area contributed by atoms with E-state index in [9.17, 15) is 15.3 Å². The Kier molecular flexibility index (Phi) is 5.15. The standard InChI is InChI=1S/C19H18N4OS/c1-11-5-7-12(8-6-11)25-18-14(10-21)15(16(24)19(2,3)4)13(9-20)17(22)23-18/h5-8H,1-4H3,(H2,22,23). The maximum Gasteiger partial charge on any atom is 0.171 e. The summed E-state index contributed by atoms with van der Waals surface area (Å²) in [6.45, 7) is 7.19. The number of carbonyl (C=O) groups is 1. The summed E-state index contributed by atoms with van der Waals surface area (Å²) in [5.41, 5.74) is 6.38. The van der Waals surface area contributed by atoms with Gasteiger partial charge in [0.1, 0.15) is 28.5 Å². The van der Waals surface area contributed by atoms with Crippen LogP contribution in [-0.4, -0.2) is 10.8 Å². The number of anilines is 1. The monoisotopic (exact) mass is 350 g/mol. The molecule has 5 nitrogen and oxygen atoms in total. The van der Waals surface area contributed by atoms with E-state index in [1.54, 1.807) is 20.8 Å². The lowest BCUT2D eigenvalue weighted by molar-refractivity contribution is 0.0857. The van der Waals surface area contributed by atoms with Crippen LogP contribution >= 0.6 is 11.8 Å². The molecule has 0 fully saturated rings. The summed E-state index contributed by atoms with van der Waals surface area (Å²) in [4.78, 5) is 17.9. The molecule has 0 saturated carbocycles. The van der Waals surface area contributed by atoms with E-state index in [-0.39, 0.29) is 28.3 Å². The number of nitrogens with zero attached hydrogens (tertiary/aromatic N) is 3. The lowest BCUT2D eigenvalue weighted by Crippen LogP contribution is -2.23. The van der Waals surface area contributed by atoms with Crippen LogP contribution in [0.1, 0.15) is 47.8 Å². The molecule has 0 radical (unpaired) electrons. The third-order valence-corrected chi connectivity index (χ3v) is 4.56. The van der Waals surface area contributed by atoms with Gasteiger partial charge in [-0.05, 0) is 19.1 Å². The van der Waals surface area contributed by atoms with Crippen molar-refractivity contribution >= 4 is 23.4 Å². The molecule has 0 aliphatic carbocycles. The number of aryl methyl sites for hydroxylation is 1. The van der Waals surface area contributed by atoms with Crippen molar-refractivity contribution in [1.82, 2.24) is 4.98 Å². The minimum absolute atomic E-state index is 0.0373. The third-order valence-electron chi connectivity index (χ3n) is 3.56. The molecule has 0 aliphatic rings. The number of carbonyl (C=O) groups excluding carboxylic acids is 1. The molecular formula is C19H18N4OS. The molecule has 2 N–H and O–H groups in total. The molecule has 126 valence electrons. The van der Waals surface area contributed by atoms with Crippen molar-refractivity contribution in [3.63, 3.8) is 0 Å². The van der Waals surface area contributed by atoms with Gasteiger partial charge in [-0.25, -0.2) is 4.98 Å². The van der Waals surface area contributed by atoms with Crippen LogP contribution < -0.4 is 5.73 Å². The zero-order chi connectivity index (χ0) is 18.8. The van der Waals surface area contributed by atoms with Gasteiger partial charge < -0.3 is 5.73 Å². The first-order valence-electron chi connectivity index (χ1n) is 7.62. The van der Waals surface area contributed by atoms with Crippen molar-refractivity contribution in [3.8, 4) is 12.1 Å². The number of benzene rings is 1. The molecule has 1 aromatic carbocycles. The highest BCUT2D eigenvalue weighted by Gasteiger charge is 2.31. The van der Waals surface area contributed by atoms with E-state index in [4.69, 9.17) is 5.73 Å². The molecule has 0 amide bonds. The summed E-state index contributed by atoms with van der Waals surface area (Å²) in [5, 5.41) is 19.4. The largest absolute Gasteiger partial charge is 0.383 e. The first kappa shape index (κ1) is 18.5. The van der Waals surface area contributed by atoms with E-state index in [1.807, 2.05) is 43.3 Å². The quantitative estimate of drug-likeness (QED) is 0.836. The van der Waals surface area contributed by atoms with Gasteiger partial charge in [-0.2, -0.15) is 10.5 Å². The van der Waals surface area contributed by atoms with Crippen molar-refractivity contribution in [2.24, 2.45) is 5.41 Å². The van der Waals surface area contributed by atoms with Crippen LogP contribution in [0.25, 0.3) is 0 Å². The number of nitrogen functional groups attached to an aromatic ring is 1. The van der Waals surface area contributed by atoms with Gasteiger partial charge in [-0.1, -0.05) is 50.2 Å². The zero-order valence-corrected chi connectivity index (χ0v) is 15.4. The van der Waals surface area contributed by atoms with Crippen molar-refractivity contribution < 1.29 is 4.79 Å². The Morgan fingerprint density at radius 2 is 1.68 bits per heavy atom. The average Bonchev–Trinajstić information content (AvgIpc) is 2.55. The van der Waals surface area contributed by atoms with Crippen LogP contribution in [0.15, 0.2) is 34.2 Å². The van der Waals surface area contributed by atoms with Gasteiger partial charge in [0.15, 0.2) is 5.78 Å². The van der Waals surface area contributed by atoms with E-state index >= 15 is 0 Å². The summed E-state index contributed by atoms with van der Waals surface area (Å²) < 4.78 is 0. The molecule has 0 saturated heterocycles.